The van der Waals surface area contributed by atoms with E-state index >= 15 is 0 Å². The summed E-state index contributed by atoms with van der Waals surface area (Å²) in [5.74, 6) is 0.846. The van der Waals surface area contributed by atoms with Crippen LogP contribution in [0.4, 0.5) is 0 Å². The topological polar surface area (TPSA) is 33.1 Å². The number of hydrogen-bond donors (Lipinski definition) is 1. The minimum atomic E-state index is 0.575. The first-order valence-corrected chi connectivity index (χ1v) is 3.86. The summed E-state index contributed by atoms with van der Waals surface area (Å²) in [6, 6.07) is 5.74. The van der Waals surface area contributed by atoms with Gasteiger partial charge in [0.25, 0.3) is 0 Å². The molecule has 2 nitrogen and oxygen atoms in total. The lowest BCUT2D eigenvalue weighted by Gasteiger charge is -2.08. The Morgan fingerprint density at radius 1 is 1.42 bits per heavy atom. The quantitative estimate of drug-likeness (QED) is 0.667. The highest BCUT2D eigenvalue weighted by Gasteiger charge is 2.04. The fourth-order valence-corrected chi connectivity index (χ4v) is 1.24. The second kappa shape index (κ2) is 3.39. The van der Waals surface area contributed by atoms with Gasteiger partial charge in [-0.3, -0.25) is 0 Å². The fourth-order valence-electron chi connectivity index (χ4n) is 1.24. The fraction of sp³-hybridized carbons (Fsp3) is 0.300. The Hall–Kier alpha value is -1.31. The predicted octanol–water partition coefficient (Wildman–Crippen LogP) is 2.39. The van der Waals surface area contributed by atoms with Crippen LogP contribution in [-0.4, -0.2) is 12.8 Å². The summed E-state index contributed by atoms with van der Waals surface area (Å²) in [5, 5.41) is 7.49. The van der Waals surface area contributed by atoms with Crippen LogP contribution in [0.1, 0.15) is 18.1 Å². The van der Waals surface area contributed by atoms with Crippen molar-refractivity contribution in [3.8, 4) is 5.75 Å². The molecule has 0 fully saturated rings. The van der Waals surface area contributed by atoms with Gasteiger partial charge in [-0.1, -0.05) is 12.1 Å². The van der Waals surface area contributed by atoms with E-state index < -0.39 is 0 Å². The number of ether oxygens (including phenoxy) is 1. The molecule has 0 radical (unpaired) electrons. The van der Waals surface area contributed by atoms with Crippen molar-refractivity contribution in [2.75, 3.05) is 7.11 Å². The van der Waals surface area contributed by atoms with Crippen molar-refractivity contribution in [2.24, 2.45) is 0 Å². The zero-order chi connectivity index (χ0) is 9.14. The summed E-state index contributed by atoms with van der Waals surface area (Å²) in [6.45, 7) is 3.74. The van der Waals surface area contributed by atoms with Crippen molar-refractivity contribution in [3.05, 3.63) is 29.3 Å². The third kappa shape index (κ3) is 1.47. The van der Waals surface area contributed by atoms with E-state index in [-0.39, 0.29) is 0 Å². The summed E-state index contributed by atoms with van der Waals surface area (Å²) in [6.07, 6.45) is 0. The van der Waals surface area contributed by atoms with E-state index in [0.29, 0.717) is 5.71 Å². The Balaban J connectivity index is 3.23. The minimum Gasteiger partial charge on any atom is -0.496 e. The number of hydrogen-bond acceptors (Lipinski definition) is 2. The second-order valence-corrected chi connectivity index (χ2v) is 2.76. The molecule has 0 heterocycles. The monoisotopic (exact) mass is 163 g/mol. The van der Waals surface area contributed by atoms with Gasteiger partial charge in [-0.15, -0.1) is 0 Å². The Morgan fingerprint density at radius 3 is 2.58 bits per heavy atom. The number of nitrogens with one attached hydrogen (secondary N) is 1. The van der Waals surface area contributed by atoms with Crippen molar-refractivity contribution >= 4 is 5.71 Å². The Labute approximate surface area is 72.7 Å². The third-order valence-electron chi connectivity index (χ3n) is 1.91. The normalized spacial score (nSPS) is 9.58. The number of benzene rings is 1. The molecule has 0 saturated carbocycles. The molecule has 0 aliphatic heterocycles. The van der Waals surface area contributed by atoms with Crippen molar-refractivity contribution in [1.82, 2.24) is 0 Å². The first kappa shape index (κ1) is 8.78. The SMILES string of the molecule is COc1cccc(C(C)=N)c1C. The molecule has 1 rings (SSSR count). The summed E-state index contributed by atoms with van der Waals surface area (Å²) in [5.41, 5.74) is 2.56. The summed E-state index contributed by atoms with van der Waals surface area (Å²) < 4.78 is 5.14. The van der Waals surface area contributed by atoms with E-state index in [4.69, 9.17) is 10.1 Å². The first-order valence-electron chi connectivity index (χ1n) is 3.86. The first-order chi connectivity index (χ1) is 5.66. The van der Waals surface area contributed by atoms with Crippen LogP contribution in [0.2, 0.25) is 0 Å². The molecule has 0 aromatic heterocycles. The maximum Gasteiger partial charge on any atom is 0.122 e. The zero-order valence-electron chi connectivity index (χ0n) is 7.64. The molecule has 0 spiro atoms. The summed E-state index contributed by atoms with van der Waals surface area (Å²) in [4.78, 5) is 0. The Kier molecular flexibility index (Phi) is 2.48. The zero-order valence-corrected chi connectivity index (χ0v) is 7.64. The lowest BCUT2D eigenvalue weighted by Crippen LogP contribution is -1.98. The van der Waals surface area contributed by atoms with Gasteiger partial charge in [-0.2, -0.15) is 0 Å². The van der Waals surface area contributed by atoms with E-state index in [1.54, 1.807) is 14.0 Å². The Bertz CT molecular complexity index is 305. The molecule has 0 atom stereocenters. The smallest absolute Gasteiger partial charge is 0.122 e. The molecule has 12 heavy (non-hydrogen) atoms. The van der Waals surface area contributed by atoms with Gasteiger partial charge in [0.1, 0.15) is 5.75 Å². The van der Waals surface area contributed by atoms with Gasteiger partial charge in [0.05, 0.1) is 7.11 Å². The van der Waals surface area contributed by atoms with E-state index in [2.05, 4.69) is 0 Å². The van der Waals surface area contributed by atoms with Gasteiger partial charge in [0, 0.05) is 16.8 Å². The Morgan fingerprint density at radius 2 is 2.08 bits per heavy atom. The van der Waals surface area contributed by atoms with Gasteiger partial charge >= 0.3 is 0 Å². The highest BCUT2D eigenvalue weighted by molar-refractivity contribution is 5.98. The van der Waals surface area contributed by atoms with E-state index in [0.717, 1.165) is 16.9 Å². The van der Waals surface area contributed by atoms with E-state index in [9.17, 15) is 0 Å². The standard InChI is InChI=1S/C10H13NO/c1-7-9(8(2)11)5-4-6-10(7)12-3/h4-6,11H,1-3H3. The lowest BCUT2D eigenvalue weighted by atomic mass is 10.0. The van der Waals surface area contributed by atoms with Gasteiger partial charge in [-0.05, 0) is 19.9 Å². The van der Waals surface area contributed by atoms with Gasteiger partial charge in [-0.25, -0.2) is 0 Å². The van der Waals surface area contributed by atoms with Crippen LogP contribution in [0.3, 0.4) is 0 Å². The van der Waals surface area contributed by atoms with Crippen LogP contribution in [0.5, 0.6) is 5.75 Å². The van der Waals surface area contributed by atoms with Crippen LogP contribution in [0.15, 0.2) is 18.2 Å². The predicted molar refractivity (Wildman–Crippen MR) is 50.2 cm³/mol. The molecule has 0 unspecified atom stereocenters. The second-order valence-electron chi connectivity index (χ2n) is 2.76. The van der Waals surface area contributed by atoms with Crippen molar-refractivity contribution < 1.29 is 4.74 Å². The molecule has 0 aliphatic rings. The summed E-state index contributed by atoms with van der Waals surface area (Å²) in [7, 11) is 1.64. The van der Waals surface area contributed by atoms with Gasteiger partial charge < -0.3 is 10.1 Å². The number of rotatable bonds is 2. The molecule has 0 aliphatic carbocycles. The van der Waals surface area contributed by atoms with E-state index in [1.165, 1.54) is 0 Å². The van der Waals surface area contributed by atoms with Crippen molar-refractivity contribution in [2.45, 2.75) is 13.8 Å². The maximum absolute atomic E-state index is 7.49. The summed E-state index contributed by atoms with van der Waals surface area (Å²) >= 11 is 0. The largest absolute Gasteiger partial charge is 0.496 e. The molecular formula is C10H13NO. The minimum absolute atomic E-state index is 0.575. The van der Waals surface area contributed by atoms with Gasteiger partial charge in [0.15, 0.2) is 0 Å². The third-order valence-corrected chi connectivity index (χ3v) is 1.91. The van der Waals surface area contributed by atoms with E-state index in [1.807, 2.05) is 25.1 Å². The average Bonchev–Trinajstić information content (AvgIpc) is 2.04. The molecular weight excluding hydrogens is 150 g/mol. The van der Waals surface area contributed by atoms with Crippen LogP contribution >= 0.6 is 0 Å². The van der Waals surface area contributed by atoms with Crippen LogP contribution < -0.4 is 4.74 Å². The van der Waals surface area contributed by atoms with Crippen molar-refractivity contribution in [3.63, 3.8) is 0 Å². The molecule has 1 aromatic carbocycles. The van der Waals surface area contributed by atoms with Crippen LogP contribution in [0.25, 0.3) is 0 Å². The lowest BCUT2D eigenvalue weighted by molar-refractivity contribution is 0.411. The highest BCUT2D eigenvalue weighted by Crippen LogP contribution is 2.20. The molecule has 1 aromatic rings. The molecule has 1 N–H and O–H groups in total. The molecule has 0 saturated heterocycles. The van der Waals surface area contributed by atoms with Crippen molar-refractivity contribution in [1.29, 1.82) is 5.41 Å². The molecule has 0 amide bonds. The molecule has 0 bridgehead atoms. The molecule has 64 valence electrons. The van der Waals surface area contributed by atoms with Crippen LogP contribution in [0, 0.1) is 12.3 Å². The van der Waals surface area contributed by atoms with Crippen LogP contribution in [-0.2, 0) is 0 Å². The number of methoxy groups -OCH3 is 1. The maximum atomic E-state index is 7.49. The highest BCUT2D eigenvalue weighted by atomic mass is 16.5. The molecule has 2 heteroatoms. The van der Waals surface area contributed by atoms with Gasteiger partial charge in [0.2, 0.25) is 0 Å². The average molecular weight is 163 g/mol.